The maximum absolute atomic E-state index is 12.2. The molecule has 0 saturated carbocycles. The molecule has 1 aromatic rings. The van der Waals surface area contributed by atoms with E-state index in [0.717, 1.165) is 52.0 Å². The van der Waals surface area contributed by atoms with Crippen LogP contribution in [0.2, 0.25) is 0 Å². The van der Waals surface area contributed by atoms with E-state index >= 15 is 0 Å². The normalized spacial score (nSPS) is 28.4. The molecule has 3 heterocycles. The Hall–Kier alpha value is -0.940. The highest BCUT2D eigenvalue weighted by Crippen LogP contribution is 2.38. The second-order valence-corrected chi connectivity index (χ2v) is 8.22. The van der Waals surface area contributed by atoms with Gasteiger partial charge in [-0.05, 0) is 38.5 Å². The minimum absolute atomic E-state index is 0.246. The summed E-state index contributed by atoms with van der Waals surface area (Å²) >= 11 is 1.88. The first-order valence-electron chi connectivity index (χ1n) is 8.57. The predicted octanol–water partition coefficient (Wildman–Crippen LogP) is 2.59. The third-order valence-electron chi connectivity index (χ3n) is 5.42. The molecule has 2 fully saturated rings. The molecule has 1 aromatic heterocycles. The number of thiazole rings is 1. The first-order chi connectivity index (χ1) is 10.7. The molecule has 4 rings (SSSR count). The van der Waals surface area contributed by atoms with E-state index in [0.29, 0.717) is 12.3 Å². The zero-order chi connectivity index (χ0) is 15.0. The number of aryl methyl sites for hydroxylation is 2. The van der Waals surface area contributed by atoms with Gasteiger partial charge in [0.2, 0.25) is 5.91 Å². The van der Waals surface area contributed by atoms with E-state index in [4.69, 9.17) is 9.72 Å². The molecule has 2 saturated heterocycles. The highest BCUT2D eigenvalue weighted by Gasteiger charge is 2.41. The van der Waals surface area contributed by atoms with E-state index in [1.54, 1.807) is 0 Å². The molecule has 22 heavy (non-hydrogen) atoms. The molecule has 1 aliphatic carbocycles. The number of rotatable bonds is 3. The van der Waals surface area contributed by atoms with E-state index in [1.807, 2.05) is 11.3 Å². The van der Waals surface area contributed by atoms with Crippen LogP contribution in [-0.2, 0) is 28.8 Å². The Labute approximate surface area is 135 Å². The van der Waals surface area contributed by atoms with Gasteiger partial charge >= 0.3 is 0 Å². The van der Waals surface area contributed by atoms with E-state index in [-0.39, 0.29) is 5.41 Å². The number of nitrogens with zero attached hydrogens (tertiary/aromatic N) is 2. The predicted molar refractivity (Wildman–Crippen MR) is 86.1 cm³/mol. The van der Waals surface area contributed by atoms with Gasteiger partial charge in [-0.2, -0.15) is 0 Å². The summed E-state index contributed by atoms with van der Waals surface area (Å²) in [6, 6.07) is 0. The Bertz CT molecular complexity index is 540. The molecule has 0 radical (unpaired) electrons. The minimum atomic E-state index is 0.246. The molecule has 0 aromatic carbocycles. The van der Waals surface area contributed by atoms with Crippen LogP contribution in [0.3, 0.4) is 0 Å². The topological polar surface area (TPSA) is 42.4 Å². The van der Waals surface area contributed by atoms with Crippen molar-refractivity contribution in [1.82, 2.24) is 9.88 Å². The van der Waals surface area contributed by atoms with Crippen LogP contribution in [0.25, 0.3) is 0 Å². The molecule has 5 heteroatoms. The zero-order valence-corrected chi connectivity index (χ0v) is 13.9. The Kier molecular flexibility index (Phi) is 3.95. The van der Waals surface area contributed by atoms with E-state index in [2.05, 4.69) is 4.90 Å². The van der Waals surface area contributed by atoms with E-state index < -0.39 is 0 Å². The maximum atomic E-state index is 12.2. The van der Waals surface area contributed by atoms with Crippen molar-refractivity contribution in [2.45, 2.75) is 51.4 Å². The van der Waals surface area contributed by atoms with Crippen molar-refractivity contribution in [2.75, 3.05) is 26.3 Å². The fourth-order valence-corrected chi connectivity index (χ4v) is 5.17. The van der Waals surface area contributed by atoms with Crippen molar-refractivity contribution in [2.24, 2.45) is 5.41 Å². The summed E-state index contributed by atoms with van der Waals surface area (Å²) in [5.41, 5.74) is 1.58. The van der Waals surface area contributed by atoms with Gasteiger partial charge in [0.1, 0.15) is 0 Å². The smallest absolute Gasteiger partial charge is 0.222 e. The summed E-state index contributed by atoms with van der Waals surface area (Å²) in [5, 5.41) is 1.22. The summed E-state index contributed by atoms with van der Waals surface area (Å²) in [7, 11) is 0. The van der Waals surface area contributed by atoms with Crippen LogP contribution in [-0.4, -0.2) is 42.1 Å². The van der Waals surface area contributed by atoms with E-state index in [9.17, 15) is 4.79 Å². The lowest BCUT2D eigenvalue weighted by Gasteiger charge is -2.39. The zero-order valence-electron chi connectivity index (χ0n) is 13.1. The number of carbonyl (C=O) groups excluding carboxylic acids is 1. The molecule has 4 nitrogen and oxygen atoms in total. The highest BCUT2D eigenvalue weighted by atomic mass is 32.1. The van der Waals surface area contributed by atoms with Gasteiger partial charge in [0.05, 0.1) is 17.3 Å². The van der Waals surface area contributed by atoms with Crippen LogP contribution in [0.15, 0.2) is 0 Å². The molecule has 1 spiro atoms. The van der Waals surface area contributed by atoms with Crippen LogP contribution < -0.4 is 0 Å². The monoisotopic (exact) mass is 320 g/mol. The average molecular weight is 320 g/mol. The third kappa shape index (κ3) is 2.81. The minimum Gasteiger partial charge on any atom is -0.381 e. The van der Waals surface area contributed by atoms with Gasteiger partial charge in [-0.15, -0.1) is 11.3 Å². The molecule has 1 atom stereocenters. The average Bonchev–Trinajstić information content (AvgIpc) is 3.15. The Morgan fingerprint density at radius 3 is 2.95 bits per heavy atom. The number of hydrogen-bond acceptors (Lipinski definition) is 4. The molecule has 120 valence electrons. The Morgan fingerprint density at radius 1 is 1.23 bits per heavy atom. The van der Waals surface area contributed by atoms with Crippen LogP contribution in [0.4, 0.5) is 0 Å². The van der Waals surface area contributed by atoms with Crippen LogP contribution in [0.1, 0.15) is 47.7 Å². The fraction of sp³-hybridized carbons (Fsp3) is 0.765. The molecular formula is C17H24N2O2S. The first kappa shape index (κ1) is 14.6. The lowest BCUT2D eigenvalue weighted by molar-refractivity contribution is -0.137. The third-order valence-corrected chi connectivity index (χ3v) is 6.64. The lowest BCUT2D eigenvalue weighted by atomic mass is 9.79. The number of likely N-dealkylation sites (tertiary alicyclic amines) is 1. The Balaban J connectivity index is 1.39. The number of aromatic nitrogens is 1. The van der Waals surface area contributed by atoms with Crippen molar-refractivity contribution < 1.29 is 9.53 Å². The van der Waals surface area contributed by atoms with Gasteiger partial charge in [0, 0.05) is 42.8 Å². The Morgan fingerprint density at radius 2 is 2.14 bits per heavy atom. The summed E-state index contributed by atoms with van der Waals surface area (Å²) in [6.07, 6.45) is 8.67. The molecule has 1 amide bonds. The molecule has 3 aliphatic rings. The van der Waals surface area contributed by atoms with Gasteiger partial charge in [-0.1, -0.05) is 0 Å². The second-order valence-electron chi connectivity index (χ2n) is 7.05. The standard InChI is InChI=1S/C17H24N2O2S/c20-16-5-7-17(8-10-21-12-17)11-19(16)9-6-15-18-13-3-1-2-4-14(13)22-15/h1-12H2/t17-/m1/s1. The van der Waals surface area contributed by atoms with Crippen molar-refractivity contribution >= 4 is 17.2 Å². The van der Waals surface area contributed by atoms with Crippen molar-refractivity contribution in [3.05, 3.63) is 15.6 Å². The molecule has 2 aliphatic heterocycles. The van der Waals surface area contributed by atoms with Gasteiger partial charge in [0.15, 0.2) is 0 Å². The number of amides is 1. The number of piperidine rings is 1. The maximum Gasteiger partial charge on any atom is 0.222 e. The summed E-state index contributed by atoms with van der Waals surface area (Å²) in [5.74, 6) is 0.318. The van der Waals surface area contributed by atoms with Crippen LogP contribution in [0, 0.1) is 5.41 Å². The summed E-state index contributed by atoms with van der Waals surface area (Å²) in [6.45, 7) is 3.41. The number of ether oxygens (including phenoxy) is 1. The quantitative estimate of drug-likeness (QED) is 0.860. The van der Waals surface area contributed by atoms with Gasteiger partial charge in [-0.25, -0.2) is 4.98 Å². The fourth-order valence-electron chi connectivity index (χ4n) is 4.02. The lowest BCUT2D eigenvalue weighted by Crippen LogP contribution is -2.47. The van der Waals surface area contributed by atoms with Crippen molar-refractivity contribution in [3.63, 3.8) is 0 Å². The largest absolute Gasteiger partial charge is 0.381 e. The summed E-state index contributed by atoms with van der Waals surface area (Å²) in [4.78, 5) is 20.6. The van der Waals surface area contributed by atoms with Crippen molar-refractivity contribution in [1.29, 1.82) is 0 Å². The molecular weight excluding hydrogens is 296 g/mol. The number of fused-ring (bicyclic) bond motifs is 1. The molecule has 0 N–H and O–H groups in total. The second kappa shape index (κ2) is 5.93. The van der Waals surface area contributed by atoms with Crippen LogP contribution >= 0.6 is 11.3 Å². The SMILES string of the molecule is O=C1CC[C@@]2(CCOC2)CN1CCc1nc2c(s1)CCCC2. The van der Waals surface area contributed by atoms with Gasteiger partial charge in [0.25, 0.3) is 0 Å². The first-order valence-corrected chi connectivity index (χ1v) is 9.39. The summed E-state index contributed by atoms with van der Waals surface area (Å²) < 4.78 is 5.59. The van der Waals surface area contributed by atoms with Gasteiger partial charge in [-0.3, -0.25) is 4.79 Å². The van der Waals surface area contributed by atoms with E-state index in [1.165, 1.54) is 34.8 Å². The van der Waals surface area contributed by atoms with Crippen molar-refractivity contribution in [3.8, 4) is 0 Å². The molecule has 0 unspecified atom stereocenters. The highest BCUT2D eigenvalue weighted by molar-refractivity contribution is 7.11. The molecule has 0 bridgehead atoms. The van der Waals surface area contributed by atoms with Gasteiger partial charge < -0.3 is 9.64 Å². The number of carbonyl (C=O) groups is 1. The van der Waals surface area contributed by atoms with Crippen LogP contribution in [0.5, 0.6) is 0 Å². The number of hydrogen-bond donors (Lipinski definition) is 0.